The number of rotatable bonds is 5. The zero-order chi connectivity index (χ0) is 14.4. The Hall–Kier alpha value is -2.49. The van der Waals surface area contributed by atoms with Crippen molar-refractivity contribution in [1.82, 2.24) is 0 Å². The summed E-state index contributed by atoms with van der Waals surface area (Å²) in [4.78, 5) is 11.4. The summed E-state index contributed by atoms with van der Waals surface area (Å²) in [6.07, 6.45) is 0.299. The monoisotopic (exact) mass is 271 g/mol. The molecule has 0 aromatic heterocycles. The zero-order valence-electron chi connectivity index (χ0n) is 11.3. The summed E-state index contributed by atoms with van der Waals surface area (Å²) in [6, 6.07) is 14.8. The minimum absolute atomic E-state index is 0.299. The fraction of sp³-hybridized carbons (Fsp3) is 0.188. The van der Waals surface area contributed by atoms with E-state index in [0.717, 1.165) is 5.56 Å². The van der Waals surface area contributed by atoms with Crippen LogP contribution in [-0.2, 0) is 11.4 Å². The molecule has 2 rings (SSSR count). The number of nitrogens with two attached hydrogens (primary N) is 1. The van der Waals surface area contributed by atoms with Gasteiger partial charge < -0.3 is 15.2 Å². The second-order valence-electron chi connectivity index (χ2n) is 4.28. The van der Waals surface area contributed by atoms with Crippen molar-refractivity contribution in [3.8, 4) is 11.5 Å². The minimum Gasteiger partial charge on any atom is -0.483 e. The van der Waals surface area contributed by atoms with Gasteiger partial charge in [-0.25, -0.2) is 0 Å². The molecule has 2 N–H and O–H groups in total. The van der Waals surface area contributed by atoms with Gasteiger partial charge in [-0.1, -0.05) is 43.3 Å². The van der Waals surface area contributed by atoms with E-state index in [1.54, 1.807) is 25.1 Å². The lowest BCUT2D eigenvalue weighted by Gasteiger charge is -2.13. The SMILES string of the molecule is CCC(=O)Oc1cccc(N)c1OCc1ccccc1. The Kier molecular flexibility index (Phi) is 4.60. The Labute approximate surface area is 118 Å². The molecule has 4 heteroatoms. The van der Waals surface area contributed by atoms with E-state index < -0.39 is 0 Å². The lowest BCUT2D eigenvalue weighted by molar-refractivity contribution is -0.134. The number of para-hydroxylation sites is 1. The first kappa shape index (κ1) is 13.9. The van der Waals surface area contributed by atoms with Crippen LogP contribution in [0.2, 0.25) is 0 Å². The highest BCUT2D eigenvalue weighted by atomic mass is 16.6. The number of hydrogen-bond donors (Lipinski definition) is 1. The van der Waals surface area contributed by atoms with Gasteiger partial charge in [0.1, 0.15) is 6.61 Å². The predicted octanol–water partition coefficient (Wildman–Crippen LogP) is 3.16. The smallest absolute Gasteiger partial charge is 0.311 e. The number of carbonyl (C=O) groups is 1. The van der Waals surface area contributed by atoms with Gasteiger partial charge in [-0.15, -0.1) is 0 Å². The molecule has 0 saturated heterocycles. The Bertz CT molecular complexity index is 582. The molecule has 0 saturated carbocycles. The van der Waals surface area contributed by atoms with E-state index in [4.69, 9.17) is 15.2 Å². The zero-order valence-corrected chi connectivity index (χ0v) is 11.3. The van der Waals surface area contributed by atoms with Crippen LogP contribution in [0.4, 0.5) is 5.69 Å². The summed E-state index contributed by atoms with van der Waals surface area (Å²) in [6.45, 7) is 2.10. The normalized spacial score (nSPS) is 10.1. The van der Waals surface area contributed by atoms with Crippen LogP contribution >= 0.6 is 0 Å². The lowest BCUT2D eigenvalue weighted by Crippen LogP contribution is -2.08. The average Bonchev–Trinajstić information content (AvgIpc) is 2.47. The number of ether oxygens (including phenoxy) is 2. The van der Waals surface area contributed by atoms with Gasteiger partial charge >= 0.3 is 5.97 Å². The Morgan fingerprint density at radius 2 is 1.85 bits per heavy atom. The van der Waals surface area contributed by atoms with Gasteiger partial charge in [0.05, 0.1) is 5.69 Å². The van der Waals surface area contributed by atoms with E-state index in [1.807, 2.05) is 30.3 Å². The van der Waals surface area contributed by atoms with E-state index >= 15 is 0 Å². The van der Waals surface area contributed by atoms with Gasteiger partial charge in [-0.2, -0.15) is 0 Å². The van der Waals surface area contributed by atoms with E-state index in [-0.39, 0.29) is 5.97 Å². The Balaban J connectivity index is 2.15. The number of benzene rings is 2. The van der Waals surface area contributed by atoms with Crippen molar-refractivity contribution in [2.24, 2.45) is 0 Å². The molecule has 104 valence electrons. The summed E-state index contributed by atoms with van der Waals surface area (Å²) in [5, 5.41) is 0. The number of carbonyl (C=O) groups excluding carboxylic acids is 1. The summed E-state index contributed by atoms with van der Waals surface area (Å²) in [5.41, 5.74) is 7.35. The van der Waals surface area contributed by atoms with Crippen LogP contribution in [-0.4, -0.2) is 5.97 Å². The van der Waals surface area contributed by atoms with E-state index in [9.17, 15) is 4.79 Å². The van der Waals surface area contributed by atoms with E-state index in [0.29, 0.717) is 30.2 Å². The molecule has 0 spiro atoms. The number of nitrogen functional groups attached to an aromatic ring is 1. The quantitative estimate of drug-likeness (QED) is 0.515. The third kappa shape index (κ3) is 3.51. The van der Waals surface area contributed by atoms with Crippen molar-refractivity contribution in [2.45, 2.75) is 20.0 Å². The molecule has 0 fully saturated rings. The van der Waals surface area contributed by atoms with Crippen LogP contribution in [0.1, 0.15) is 18.9 Å². The van der Waals surface area contributed by atoms with Crippen LogP contribution in [0.3, 0.4) is 0 Å². The molecule has 0 unspecified atom stereocenters. The third-order valence-electron chi connectivity index (χ3n) is 2.75. The molecule has 20 heavy (non-hydrogen) atoms. The maximum absolute atomic E-state index is 11.4. The molecule has 4 nitrogen and oxygen atoms in total. The summed E-state index contributed by atoms with van der Waals surface area (Å²) >= 11 is 0. The topological polar surface area (TPSA) is 61.5 Å². The van der Waals surface area contributed by atoms with Crippen LogP contribution in [0.5, 0.6) is 11.5 Å². The molecule has 0 radical (unpaired) electrons. The van der Waals surface area contributed by atoms with Crippen molar-refractivity contribution >= 4 is 11.7 Å². The van der Waals surface area contributed by atoms with Crippen molar-refractivity contribution in [3.05, 3.63) is 54.1 Å². The molecular formula is C16H17NO3. The second kappa shape index (κ2) is 6.61. The van der Waals surface area contributed by atoms with Crippen molar-refractivity contribution in [2.75, 3.05) is 5.73 Å². The summed E-state index contributed by atoms with van der Waals surface area (Å²) in [7, 11) is 0. The number of hydrogen-bond acceptors (Lipinski definition) is 4. The number of anilines is 1. The van der Waals surface area contributed by atoms with E-state index in [1.165, 1.54) is 0 Å². The highest BCUT2D eigenvalue weighted by Gasteiger charge is 2.12. The van der Waals surface area contributed by atoms with Crippen LogP contribution in [0.15, 0.2) is 48.5 Å². The predicted molar refractivity (Wildman–Crippen MR) is 77.6 cm³/mol. The standard InChI is InChI=1S/C16H17NO3/c1-2-15(18)20-14-10-6-9-13(17)16(14)19-11-12-7-4-3-5-8-12/h3-10H,2,11,17H2,1H3. The molecular weight excluding hydrogens is 254 g/mol. The average molecular weight is 271 g/mol. The highest BCUT2D eigenvalue weighted by molar-refractivity contribution is 5.74. The first-order chi connectivity index (χ1) is 9.70. The first-order valence-corrected chi connectivity index (χ1v) is 6.46. The number of esters is 1. The first-order valence-electron chi connectivity index (χ1n) is 6.46. The highest BCUT2D eigenvalue weighted by Crippen LogP contribution is 2.34. The summed E-state index contributed by atoms with van der Waals surface area (Å²) in [5.74, 6) is 0.436. The van der Waals surface area contributed by atoms with Crippen LogP contribution in [0.25, 0.3) is 0 Å². The fourth-order valence-corrected chi connectivity index (χ4v) is 1.69. The summed E-state index contributed by atoms with van der Waals surface area (Å²) < 4.78 is 10.9. The lowest BCUT2D eigenvalue weighted by atomic mass is 10.2. The molecule has 0 amide bonds. The third-order valence-corrected chi connectivity index (χ3v) is 2.75. The maximum atomic E-state index is 11.4. The van der Waals surface area contributed by atoms with E-state index in [2.05, 4.69) is 0 Å². The van der Waals surface area contributed by atoms with Gasteiger partial charge in [0, 0.05) is 6.42 Å². The molecule has 0 heterocycles. The molecule has 0 atom stereocenters. The second-order valence-corrected chi connectivity index (χ2v) is 4.28. The van der Waals surface area contributed by atoms with Crippen molar-refractivity contribution < 1.29 is 14.3 Å². The maximum Gasteiger partial charge on any atom is 0.311 e. The van der Waals surface area contributed by atoms with Gasteiger partial charge in [0.15, 0.2) is 11.5 Å². The van der Waals surface area contributed by atoms with Crippen LogP contribution in [0, 0.1) is 0 Å². The van der Waals surface area contributed by atoms with Gasteiger partial charge in [0.25, 0.3) is 0 Å². The van der Waals surface area contributed by atoms with Gasteiger partial charge in [-0.05, 0) is 17.7 Å². The molecule has 0 bridgehead atoms. The minimum atomic E-state index is -0.319. The molecule has 0 aliphatic rings. The molecule has 2 aromatic carbocycles. The largest absolute Gasteiger partial charge is 0.483 e. The van der Waals surface area contributed by atoms with Crippen molar-refractivity contribution in [3.63, 3.8) is 0 Å². The van der Waals surface area contributed by atoms with Crippen LogP contribution < -0.4 is 15.2 Å². The fourth-order valence-electron chi connectivity index (χ4n) is 1.69. The van der Waals surface area contributed by atoms with Gasteiger partial charge in [-0.3, -0.25) is 4.79 Å². The Morgan fingerprint density at radius 3 is 2.55 bits per heavy atom. The van der Waals surface area contributed by atoms with Crippen molar-refractivity contribution in [1.29, 1.82) is 0 Å². The Morgan fingerprint density at radius 1 is 1.10 bits per heavy atom. The molecule has 2 aromatic rings. The molecule has 0 aliphatic carbocycles. The molecule has 0 aliphatic heterocycles. The van der Waals surface area contributed by atoms with Gasteiger partial charge in [0.2, 0.25) is 0 Å².